The van der Waals surface area contributed by atoms with Gasteiger partial charge in [0, 0.05) is 17.0 Å². The molecule has 0 N–H and O–H groups in total. The fourth-order valence-corrected chi connectivity index (χ4v) is 1.78. The van der Waals surface area contributed by atoms with Crippen LogP contribution in [0.5, 0.6) is 0 Å². The highest BCUT2D eigenvalue weighted by Crippen LogP contribution is 2.22. The summed E-state index contributed by atoms with van der Waals surface area (Å²) >= 11 is 0. The molecule has 82 valence electrons. The first-order chi connectivity index (χ1) is 8.43. The van der Waals surface area contributed by atoms with E-state index in [4.69, 9.17) is 4.42 Å². The Bertz CT molecular complexity index is 653. The van der Waals surface area contributed by atoms with Gasteiger partial charge in [-0.1, -0.05) is 30.3 Å². The highest BCUT2D eigenvalue weighted by Gasteiger charge is 2.01. The van der Waals surface area contributed by atoms with Gasteiger partial charge in [-0.15, -0.1) is 0 Å². The van der Waals surface area contributed by atoms with E-state index in [2.05, 4.69) is 11.1 Å². The van der Waals surface area contributed by atoms with Crippen LogP contribution >= 0.6 is 0 Å². The minimum atomic E-state index is 0.867. The van der Waals surface area contributed by atoms with Crippen LogP contribution in [-0.2, 0) is 0 Å². The Morgan fingerprint density at radius 2 is 1.82 bits per heavy atom. The van der Waals surface area contributed by atoms with Gasteiger partial charge in [-0.3, -0.25) is 4.98 Å². The molecule has 2 heterocycles. The number of hydrogen-bond donors (Lipinski definition) is 0. The van der Waals surface area contributed by atoms with E-state index >= 15 is 0 Å². The summed E-state index contributed by atoms with van der Waals surface area (Å²) in [6.07, 6.45) is 7.45. The number of rotatable bonds is 2. The smallest absolute Gasteiger partial charge is 0.134 e. The van der Waals surface area contributed by atoms with E-state index in [9.17, 15) is 0 Å². The van der Waals surface area contributed by atoms with Crippen molar-refractivity contribution in [3.63, 3.8) is 0 Å². The average Bonchev–Trinajstić information content (AvgIpc) is 2.81. The minimum absolute atomic E-state index is 0.867. The van der Waals surface area contributed by atoms with E-state index in [-0.39, 0.29) is 0 Å². The van der Waals surface area contributed by atoms with E-state index < -0.39 is 0 Å². The van der Waals surface area contributed by atoms with Crippen molar-refractivity contribution in [2.24, 2.45) is 0 Å². The zero-order chi connectivity index (χ0) is 11.5. The Morgan fingerprint density at radius 1 is 0.941 bits per heavy atom. The summed E-state index contributed by atoms with van der Waals surface area (Å²) in [5.41, 5.74) is 0.924. The molecule has 0 amide bonds. The normalized spacial score (nSPS) is 11.3. The van der Waals surface area contributed by atoms with Gasteiger partial charge in [-0.2, -0.15) is 0 Å². The first-order valence-electron chi connectivity index (χ1n) is 5.49. The molecule has 0 aliphatic heterocycles. The Hall–Kier alpha value is -2.35. The molecule has 0 spiro atoms. The van der Waals surface area contributed by atoms with Gasteiger partial charge in [0.25, 0.3) is 0 Å². The van der Waals surface area contributed by atoms with Crippen molar-refractivity contribution in [2.45, 2.75) is 0 Å². The Labute approximate surface area is 99.2 Å². The summed E-state index contributed by atoms with van der Waals surface area (Å²) in [6, 6.07) is 13.9. The molecule has 2 heteroatoms. The fraction of sp³-hybridized carbons (Fsp3) is 0. The zero-order valence-electron chi connectivity index (χ0n) is 9.21. The molecule has 0 saturated carbocycles. The molecule has 2 aromatic heterocycles. The molecule has 0 aliphatic carbocycles. The molecule has 0 aliphatic rings. The van der Waals surface area contributed by atoms with Crippen molar-refractivity contribution >= 4 is 22.9 Å². The number of fused-ring (bicyclic) bond motifs is 1. The molecule has 0 bridgehead atoms. The van der Waals surface area contributed by atoms with Crippen LogP contribution in [0.1, 0.15) is 11.5 Å². The lowest BCUT2D eigenvalue weighted by Crippen LogP contribution is -1.76. The third-order valence-corrected chi connectivity index (χ3v) is 2.63. The van der Waals surface area contributed by atoms with Gasteiger partial charge in [0.15, 0.2) is 0 Å². The Kier molecular flexibility index (Phi) is 2.47. The summed E-state index contributed by atoms with van der Waals surface area (Å²) in [6.45, 7) is 0. The molecule has 0 atom stereocenters. The average molecular weight is 221 g/mol. The van der Waals surface area contributed by atoms with Gasteiger partial charge in [-0.05, 0) is 24.3 Å². The van der Waals surface area contributed by atoms with Crippen LogP contribution in [0.3, 0.4) is 0 Å². The third-order valence-electron chi connectivity index (χ3n) is 2.63. The molecular formula is C15H11NO. The van der Waals surface area contributed by atoms with Crippen LogP contribution in [0.25, 0.3) is 22.9 Å². The molecule has 17 heavy (non-hydrogen) atoms. The van der Waals surface area contributed by atoms with Gasteiger partial charge in [0.05, 0.1) is 12.0 Å². The summed E-state index contributed by atoms with van der Waals surface area (Å²) in [7, 11) is 0. The van der Waals surface area contributed by atoms with Crippen LogP contribution < -0.4 is 0 Å². The second kappa shape index (κ2) is 4.26. The number of nitrogens with zero attached hydrogens (tertiary/aromatic N) is 1. The summed E-state index contributed by atoms with van der Waals surface area (Å²) in [5.74, 6) is 0.867. The maximum absolute atomic E-state index is 5.52. The van der Waals surface area contributed by atoms with Crippen LogP contribution in [0.2, 0.25) is 0 Å². The number of furan rings is 1. The molecular weight excluding hydrogens is 210 g/mol. The maximum Gasteiger partial charge on any atom is 0.134 e. The molecule has 0 saturated heterocycles. The van der Waals surface area contributed by atoms with E-state index in [1.165, 1.54) is 0 Å². The molecule has 2 nitrogen and oxygen atoms in total. The van der Waals surface area contributed by atoms with Crippen molar-refractivity contribution in [3.8, 4) is 0 Å². The van der Waals surface area contributed by atoms with Crippen molar-refractivity contribution < 1.29 is 4.42 Å². The van der Waals surface area contributed by atoms with Gasteiger partial charge in [0.1, 0.15) is 5.76 Å². The molecule has 0 unspecified atom stereocenters. The summed E-state index contributed by atoms with van der Waals surface area (Å²) in [4.78, 5) is 4.23. The van der Waals surface area contributed by atoms with E-state index in [0.29, 0.717) is 0 Å². The largest absolute Gasteiger partial charge is 0.464 e. The van der Waals surface area contributed by atoms with Crippen LogP contribution in [0.15, 0.2) is 59.3 Å². The molecule has 0 radical (unpaired) electrons. The second-order valence-electron chi connectivity index (χ2n) is 3.78. The van der Waals surface area contributed by atoms with Crippen LogP contribution in [0, 0.1) is 0 Å². The lowest BCUT2D eigenvalue weighted by molar-refractivity contribution is 0.562. The maximum atomic E-state index is 5.52. The summed E-state index contributed by atoms with van der Waals surface area (Å²) in [5, 5.41) is 2.24. The quantitative estimate of drug-likeness (QED) is 0.653. The van der Waals surface area contributed by atoms with Crippen molar-refractivity contribution in [1.29, 1.82) is 0 Å². The standard InChI is InChI=1S/C15H11NO/c1-2-7-14-12(5-1)11-17-15(14)9-8-13-6-3-4-10-16-13/h1-11H. The Morgan fingerprint density at radius 3 is 2.71 bits per heavy atom. The monoisotopic (exact) mass is 221 g/mol. The highest BCUT2D eigenvalue weighted by molar-refractivity contribution is 5.90. The minimum Gasteiger partial charge on any atom is -0.464 e. The van der Waals surface area contributed by atoms with E-state index in [1.807, 2.05) is 48.6 Å². The number of pyridine rings is 1. The van der Waals surface area contributed by atoms with Crippen molar-refractivity contribution in [1.82, 2.24) is 4.98 Å². The van der Waals surface area contributed by atoms with E-state index in [1.54, 1.807) is 12.5 Å². The third kappa shape index (κ3) is 1.97. The van der Waals surface area contributed by atoms with E-state index in [0.717, 1.165) is 22.2 Å². The topological polar surface area (TPSA) is 26.0 Å². The van der Waals surface area contributed by atoms with Gasteiger partial charge in [-0.25, -0.2) is 0 Å². The first kappa shape index (κ1) is 9.85. The van der Waals surface area contributed by atoms with Crippen molar-refractivity contribution in [3.05, 3.63) is 66.4 Å². The number of aromatic nitrogens is 1. The van der Waals surface area contributed by atoms with Crippen molar-refractivity contribution in [2.75, 3.05) is 0 Å². The number of hydrogen-bond acceptors (Lipinski definition) is 2. The highest BCUT2D eigenvalue weighted by atomic mass is 16.3. The van der Waals surface area contributed by atoms with Crippen LogP contribution in [0.4, 0.5) is 0 Å². The lowest BCUT2D eigenvalue weighted by atomic mass is 10.2. The Balaban J connectivity index is 1.98. The molecule has 3 rings (SSSR count). The second-order valence-corrected chi connectivity index (χ2v) is 3.78. The molecule has 3 aromatic rings. The van der Waals surface area contributed by atoms with Crippen LogP contribution in [-0.4, -0.2) is 4.98 Å². The number of benzene rings is 1. The predicted molar refractivity (Wildman–Crippen MR) is 69.4 cm³/mol. The lowest BCUT2D eigenvalue weighted by Gasteiger charge is -1.91. The predicted octanol–water partition coefficient (Wildman–Crippen LogP) is 4.00. The van der Waals surface area contributed by atoms with Gasteiger partial charge >= 0.3 is 0 Å². The van der Waals surface area contributed by atoms with Gasteiger partial charge in [0.2, 0.25) is 0 Å². The first-order valence-corrected chi connectivity index (χ1v) is 5.49. The SMILES string of the molecule is C(=Cc1occ2ccccc12)c1ccccn1. The molecule has 0 fully saturated rings. The zero-order valence-corrected chi connectivity index (χ0v) is 9.21. The molecule has 1 aromatic carbocycles. The fourth-order valence-electron chi connectivity index (χ4n) is 1.78. The summed E-state index contributed by atoms with van der Waals surface area (Å²) < 4.78 is 5.52. The van der Waals surface area contributed by atoms with Gasteiger partial charge < -0.3 is 4.42 Å².